The van der Waals surface area contributed by atoms with Gasteiger partial charge in [-0.2, -0.15) is 5.26 Å². The summed E-state index contributed by atoms with van der Waals surface area (Å²) in [7, 11) is 0. The van der Waals surface area contributed by atoms with Crippen molar-refractivity contribution in [1.82, 2.24) is 4.90 Å². The number of rotatable bonds is 5. The molecule has 1 N–H and O–H groups in total. The SMILES string of the molecule is N#Cc1ccc(NC(=O)CCCN2CCCC2=O)cc1. The third-order valence-corrected chi connectivity index (χ3v) is 3.30. The van der Waals surface area contributed by atoms with Crippen LogP contribution in [-0.2, 0) is 9.59 Å². The van der Waals surface area contributed by atoms with Crippen LogP contribution in [0.25, 0.3) is 0 Å². The molecule has 0 spiro atoms. The number of nitrogens with one attached hydrogen (secondary N) is 1. The maximum absolute atomic E-state index is 11.7. The van der Waals surface area contributed by atoms with Crippen molar-refractivity contribution in [3.63, 3.8) is 0 Å². The van der Waals surface area contributed by atoms with Gasteiger partial charge in [0, 0.05) is 31.6 Å². The number of carbonyl (C=O) groups excluding carboxylic acids is 2. The van der Waals surface area contributed by atoms with Crippen LogP contribution in [0.3, 0.4) is 0 Å². The lowest BCUT2D eigenvalue weighted by Gasteiger charge is -2.14. The summed E-state index contributed by atoms with van der Waals surface area (Å²) in [6.07, 6.45) is 2.63. The molecule has 1 aromatic carbocycles. The predicted molar refractivity (Wildman–Crippen MR) is 74.8 cm³/mol. The Labute approximate surface area is 118 Å². The molecule has 0 radical (unpaired) electrons. The van der Waals surface area contributed by atoms with Gasteiger partial charge < -0.3 is 10.2 Å². The highest BCUT2D eigenvalue weighted by molar-refractivity contribution is 5.90. The van der Waals surface area contributed by atoms with E-state index in [2.05, 4.69) is 5.32 Å². The molecule has 1 aromatic rings. The first-order valence-corrected chi connectivity index (χ1v) is 6.77. The van der Waals surface area contributed by atoms with E-state index in [1.165, 1.54) is 0 Å². The molecule has 0 atom stereocenters. The van der Waals surface area contributed by atoms with Crippen LogP contribution < -0.4 is 5.32 Å². The lowest BCUT2D eigenvalue weighted by molar-refractivity contribution is -0.128. The van der Waals surface area contributed by atoms with Gasteiger partial charge in [0.1, 0.15) is 0 Å². The van der Waals surface area contributed by atoms with Crippen LogP contribution in [0.2, 0.25) is 0 Å². The van der Waals surface area contributed by atoms with E-state index >= 15 is 0 Å². The van der Waals surface area contributed by atoms with Crippen LogP contribution in [0.5, 0.6) is 0 Å². The molecule has 0 aliphatic carbocycles. The van der Waals surface area contributed by atoms with E-state index < -0.39 is 0 Å². The minimum Gasteiger partial charge on any atom is -0.343 e. The predicted octanol–water partition coefficient (Wildman–Crippen LogP) is 1.90. The highest BCUT2D eigenvalue weighted by Crippen LogP contribution is 2.12. The quantitative estimate of drug-likeness (QED) is 0.888. The Kier molecular flexibility index (Phi) is 4.72. The molecule has 1 fully saturated rings. The van der Waals surface area contributed by atoms with Crippen LogP contribution >= 0.6 is 0 Å². The third kappa shape index (κ3) is 3.82. The van der Waals surface area contributed by atoms with Crippen molar-refractivity contribution < 1.29 is 9.59 Å². The van der Waals surface area contributed by atoms with Gasteiger partial charge in [-0.3, -0.25) is 9.59 Å². The van der Waals surface area contributed by atoms with Crippen molar-refractivity contribution in [3.8, 4) is 6.07 Å². The van der Waals surface area contributed by atoms with E-state index in [0.29, 0.717) is 37.1 Å². The highest BCUT2D eigenvalue weighted by atomic mass is 16.2. The Morgan fingerprint density at radius 3 is 2.70 bits per heavy atom. The van der Waals surface area contributed by atoms with Crippen molar-refractivity contribution in [3.05, 3.63) is 29.8 Å². The van der Waals surface area contributed by atoms with Crippen molar-refractivity contribution >= 4 is 17.5 Å². The van der Waals surface area contributed by atoms with Gasteiger partial charge in [-0.15, -0.1) is 0 Å². The van der Waals surface area contributed by atoms with Gasteiger partial charge in [0.25, 0.3) is 0 Å². The summed E-state index contributed by atoms with van der Waals surface area (Å²) >= 11 is 0. The van der Waals surface area contributed by atoms with E-state index in [0.717, 1.165) is 13.0 Å². The van der Waals surface area contributed by atoms with E-state index in [1.807, 2.05) is 11.0 Å². The number of hydrogen-bond acceptors (Lipinski definition) is 3. The first kappa shape index (κ1) is 14.1. The fourth-order valence-electron chi connectivity index (χ4n) is 2.22. The van der Waals surface area contributed by atoms with Crippen LogP contribution in [0, 0.1) is 11.3 Å². The van der Waals surface area contributed by atoms with Crippen molar-refractivity contribution in [2.24, 2.45) is 0 Å². The average Bonchev–Trinajstić information content (AvgIpc) is 2.85. The molecule has 0 saturated carbocycles. The lowest BCUT2D eigenvalue weighted by atomic mass is 10.2. The number of nitrogens with zero attached hydrogens (tertiary/aromatic N) is 2. The standard InChI is InChI=1S/C15H17N3O2/c16-11-12-5-7-13(8-6-12)17-14(19)3-1-9-18-10-2-4-15(18)20/h5-8H,1-4,9-10H2,(H,17,19). The smallest absolute Gasteiger partial charge is 0.224 e. The first-order chi connectivity index (χ1) is 9.69. The molecule has 104 valence electrons. The zero-order valence-corrected chi connectivity index (χ0v) is 11.3. The zero-order valence-electron chi connectivity index (χ0n) is 11.3. The summed E-state index contributed by atoms with van der Waals surface area (Å²) in [6, 6.07) is 8.77. The monoisotopic (exact) mass is 271 g/mol. The molecule has 0 bridgehead atoms. The van der Waals surface area contributed by atoms with Crippen LogP contribution in [-0.4, -0.2) is 29.8 Å². The summed E-state index contributed by atoms with van der Waals surface area (Å²) in [5.41, 5.74) is 1.25. The molecular weight excluding hydrogens is 254 g/mol. The maximum Gasteiger partial charge on any atom is 0.224 e. The molecular formula is C15H17N3O2. The summed E-state index contributed by atoms with van der Waals surface area (Å²) in [5, 5.41) is 11.5. The van der Waals surface area contributed by atoms with E-state index in [-0.39, 0.29) is 11.8 Å². The molecule has 20 heavy (non-hydrogen) atoms. The van der Waals surface area contributed by atoms with Gasteiger partial charge in [0.2, 0.25) is 11.8 Å². The van der Waals surface area contributed by atoms with Gasteiger partial charge in [-0.1, -0.05) is 0 Å². The maximum atomic E-state index is 11.7. The molecule has 1 heterocycles. The second-order valence-electron chi connectivity index (χ2n) is 4.83. The Morgan fingerprint density at radius 2 is 2.10 bits per heavy atom. The third-order valence-electron chi connectivity index (χ3n) is 3.30. The average molecular weight is 271 g/mol. The zero-order chi connectivity index (χ0) is 14.4. The number of anilines is 1. The molecule has 5 heteroatoms. The Hall–Kier alpha value is -2.35. The van der Waals surface area contributed by atoms with E-state index in [9.17, 15) is 9.59 Å². The second kappa shape index (κ2) is 6.71. The van der Waals surface area contributed by atoms with Gasteiger partial charge in [-0.25, -0.2) is 0 Å². The Balaban J connectivity index is 1.72. The fraction of sp³-hybridized carbons (Fsp3) is 0.400. The summed E-state index contributed by atoms with van der Waals surface area (Å²) in [5.74, 6) is 0.124. The molecule has 0 unspecified atom stereocenters. The first-order valence-electron chi connectivity index (χ1n) is 6.77. The molecule has 1 saturated heterocycles. The molecule has 0 aromatic heterocycles. The number of likely N-dealkylation sites (tertiary alicyclic amines) is 1. The molecule has 5 nitrogen and oxygen atoms in total. The number of nitriles is 1. The minimum absolute atomic E-state index is 0.0682. The van der Waals surface area contributed by atoms with Gasteiger partial charge >= 0.3 is 0 Å². The minimum atomic E-state index is -0.0682. The number of benzene rings is 1. The number of amides is 2. The van der Waals surface area contributed by atoms with E-state index in [4.69, 9.17) is 5.26 Å². The van der Waals surface area contributed by atoms with Crippen LogP contribution in [0.15, 0.2) is 24.3 Å². The van der Waals surface area contributed by atoms with Crippen molar-refractivity contribution in [2.45, 2.75) is 25.7 Å². The van der Waals surface area contributed by atoms with Crippen LogP contribution in [0.1, 0.15) is 31.2 Å². The summed E-state index contributed by atoms with van der Waals surface area (Å²) in [4.78, 5) is 25.0. The lowest BCUT2D eigenvalue weighted by Crippen LogP contribution is -2.26. The van der Waals surface area contributed by atoms with Gasteiger partial charge in [0.05, 0.1) is 11.6 Å². The molecule has 1 aliphatic rings. The summed E-state index contributed by atoms with van der Waals surface area (Å²) < 4.78 is 0. The fourth-order valence-corrected chi connectivity index (χ4v) is 2.22. The second-order valence-corrected chi connectivity index (χ2v) is 4.83. The van der Waals surface area contributed by atoms with Gasteiger partial charge in [0.15, 0.2) is 0 Å². The Bertz CT molecular complexity index is 531. The molecule has 2 rings (SSSR count). The Morgan fingerprint density at radius 1 is 1.35 bits per heavy atom. The van der Waals surface area contributed by atoms with Crippen LogP contribution in [0.4, 0.5) is 5.69 Å². The normalized spacial score (nSPS) is 14.2. The number of hydrogen-bond donors (Lipinski definition) is 1. The highest BCUT2D eigenvalue weighted by Gasteiger charge is 2.19. The topological polar surface area (TPSA) is 73.2 Å². The van der Waals surface area contributed by atoms with Crippen molar-refractivity contribution in [2.75, 3.05) is 18.4 Å². The molecule has 1 aliphatic heterocycles. The van der Waals surface area contributed by atoms with E-state index in [1.54, 1.807) is 24.3 Å². The number of carbonyl (C=O) groups is 2. The summed E-state index contributed by atoms with van der Waals surface area (Å²) in [6.45, 7) is 1.47. The van der Waals surface area contributed by atoms with Gasteiger partial charge in [-0.05, 0) is 37.1 Å². The van der Waals surface area contributed by atoms with Crippen molar-refractivity contribution in [1.29, 1.82) is 5.26 Å². The largest absolute Gasteiger partial charge is 0.343 e. The molecule has 2 amide bonds.